The van der Waals surface area contributed by atoms with Crippen LogP contribution in [-0.4, -0.2) is 100 Å². The lowest BCUT2D eigenvalue weighted by molar-refractivity contribution is -0.302. The fourth-order valence-corrected chi connectivity index (χ4v) is 8.10. The number of nitrogens with one attached hydrogen (secondary N) is 1. The zero-order valence-corrected chi connectivity index (χ0v) is 43.5. The highest BCUT2D eigenvalue weighted by atomic mass is 16.7. The zero-order valence-electron chi connectivity index (χ0n) is 43.5. The van der Waals surface area contributed by atoms with E-state index in [0.717, 1.165) is 96.3 Å². The van der Waals surface area contributed by atoms with E-state index >= 15 is 0 Å². The van der Waals surface area contributed by atoms with Gasteiger partial charge in [-0.15, -0.1) is 0 Å². The second-order valence-electron chi connectivity index (χ2n) is 18.9. The number of allylic oxidation sites excluding steroid dienone is 11. The molecule has 0 spiro atoms. The summed E-state index contributed by atoms with van der Waals surface area (Å²) in [6.45, 7) is 4.10. The van der Waals surface area contributed by atoms with Crippen molar-refractivity contribution in [1.29, 1.82) is 0 Å². The van der Waals surface area contributed by atoms with Crippen LogP contribution in [0.25, 0.3) is 0 Å². The number of hydrogen-bond donors (Lipinski definition) is 6. The van der Waals surface area contributed by atoms with Crippen LogP contribution in [0.15, 0.2) is 72.9 Å². The lowest BCUT2D eigenvalue weighted by atomic mass is 9.99. The third-order valence-corrected chi connectivity index (χ3v) is 12.5. The zero-order chi connectivity index (χ0) is 50.3. The van der Waals surface area contributed by atoms with Gasteiger partial charge in [0.25, 0.3) is 0 Å². The van der Waals surface area contributed by atoms with E-state index in [-0.39, 0.29) is 18.5 Å². The van der Waals surface area contributed by atoms with Crippen molar-refractivity contribution < 1.29 is 49.3 Å². The van der Waals surface area contributed by atoms with Crippen LogP contribution in [0, 0.1) is 0 Å². The van der Waals surface area contributed by atoms with Crippen LogP contribution < -0.4 is 5.32 Å². The number of unbranched alkanes of at least 4 members (excludes halogenated alkanes) is 23. The Bertz CT molecular complexity index is 1380. The van der Waals surface area contributed by atoms with Gasteiger partial charge in [-0.05, 0) is 109 Å². The lowest BCUT2D eigenvalue weighted by Gasteiger charge is -2.40. The fourth-order valence-electron chi connectivity index (χ4n) is 8.10. The summed E-state index contributed by atoms with van der Waals surface area (Å²) in [5, 5.41) is 54.1. The molecule has 1 heterocycles. The highest BCUT2D eigenvalue weighted by Crippen LogP contribution is 2.23. The Balaban J connectivity index is 2.12. The van der Waals surface area contributed by atoms with Crippen molar-refractivity contribution in [2.75, 3.05) is 19.8 Å². The highest BCUT2D eigenvalue weighted by molar-refractivity contribution is 5.76. The Hall–Kier alpha value is -2.90. The molecule has 1 aliphatic rings. The van der Waals surface area contributed by atoms with Gasteiger partial charge in [0, 0.05) is 12.8 Å². The maximum atomic E-state index is 13.0. The molecule has 1 fully saturated rings. The Morgan fingerprint density at radius 3 is 1.59 bits per heavy atom. The molecule has 7 atom stereocenters. The molecule has 69 heavy (non-hydrogen) atoms. The molecule has 0 aromatic carbocycles. The number of amides is 1. The first-order valence-electron chi connectivity index (χ1n) is 27.7. The van der Waals surface area contributed by atoms with Crippen LogP contribution in [0.1, 0.15) is 219 Å². The molecule has 1 rings (SSSR count). The van der Waals surface area contributed by atoms with Gasteiger partial charge in [0.1, 0.15) is 24.4 Å². The van der Waals surface area contributed by atoms with Gasteiger partial charge in [-0.25, -0.2) is 0 Å². The summed E-state index contributed by atoms with van der Waals surface area (Å²) in [6.07, 6.45) is 51.5. The van der Waals surface area contributed by atoms with Gasteiger partial charge in [0.2, 0.25) is 5.91 Å². The number of carbonyl (C=O) groups is 2. The standard InChI is InChI=1S/C58H101NO10/c1-3-5-7-9-11-13-15-26-30-34-38-42-46-54(63)67-47-43-39-35-31-27-24-22-20-18-16-17-19-21-23-25-29-33-37-41-45-53(62)59-50(49-68-58-57(66)56(65)55(64)52(48-60)69-58)51(61)44-40-36-32-28-14-12-10-8-6-4-2/h6,8,11,13-14,20,22,24,27-28,40,44,50-52,55-58,60-61,64-66H,3-5,7,9-10,12,15-19,21,23,25-26,29-39,41-43,45-49H2,1-2H3,(H,59,62)/b8-6+,13-11-,22-20-,27-24-,28-14+,44-40+. The number of esters is 1. The quantitative estimate of drug-likeness (QED) is 0.0149. The van der Waals surface area contributed by atoms with E-state index in [2.05, 4.69) is 79.9 Å². The van der Waals surface area contributed by atoms with Crippen molar-refractivity contribution in [3.63, 3.8) is 0 Å². The molecule has 0 saturated carbocycles. The van der Waals surface area contributed by atoms with Crippen molar-refractivity contribution in [3.8, 4) is 0 Å². The molecular formula is C58H101NO10. The Kier molecular flexibility index (Phi) is 44.1. The number of aliphatic hydroxyl groups excluding tert-OH is 5. The minimum Gasteiger partial charge on any atom is -0.466 e. The molecule has 0 aromatic rings. The summed E-state index contributed by atoms with van der Waals surface area (Å²) >= 11 is 0. The van der Waals surface area contributed by atoms with Gasteiger partial charge in [-0.3, -0.25) is 9.59 Å². The van der Waals surface area contributed by atoms with E-state index in [4.69, 9.17) is 14.2 Å². The first kappa shape index (κ1) is 64.1. The van der Waals surface area contributed by atoms with E-state index in [9.17, 15) is 35.1 Å². The fraction of sp³-hybridized carbons (Fsp3) is 0.759. The minimum atomic E-state index is -1.58. The summed E-state index contributed by atoms with van der Waals surface area (Å²) in [4.78, 5) is 25.0. The van der Waals surface area contributed by atoms with Crippen molar-refractivity contribution in [2.45, 2.75) is 262 Å². The third-order valence-electron chi connectivity index (χ3n) is 12.5. The molecule has 11 heteroatoms. The Morgan fingerprint density at radius 2 is 1.03 bits per heavy atom. The summed E-state index contributed by atoms with van der Waals surface area (Å²) in [5.74, 6) is -0.252. The topological polar surface area (TPSA) is 175 Å². The average Bonchev–Trinajstić information content (AvgIpc) is 3.34. The first-order chi connectivity index (χ1) is 33.7. The van der Waals surface area contributed by atoms with E-state index < -0.39 is 49.5 Å². The van der Waals surface area contributed by atoms with Crippen molar-refractivity contribution in [3.05, 3.63) is 72.9 Å². The van der Waals surface area contributed by atoms with E-state index in [1.165, 1.54) is 89.9 Å². The number of rotatable bonds is 46. The van der Waals surface area contributed by atoms with E-state index in [0.29, 0.717) is 25.9 Å². The lowest BCUT2D eigenvalue weighted by Crippen LogP contribution is -2.60. The summed E-state index contributed by atoms with van der Waals surface area (Å²) in [5.41, 5.74) is 0. The Labute approximate surface area is 420 Å². The van der Waals surface area contributed by atoms with Crippen molar-refractivity contribution >= 4 is 11.9 Å². The maximum Gasteiger partial charge on any atom is 0.305 e. The molecule has 7 unspecified atom stereocenters. The molecule has 1 aliphatic heterocycles. The Morgan fingerprint density at radius 1 is 0.551 bits per heavy atom. The summed E-state index contributed by atoms with van der Waals surface area (Å²) in [6, 6.07) is -0.843. The third kappa shape index (κ3) is 37.5. The average molecular weight is 972 g/mol. The van der Waals surface area contributed by atoms with Gasteiger partial charge >= 0.3 is 5.97 Å². The normalized spacial score (nSPS) is 19.9. The van der Waals surface area contributed by atoms with Crippen LogP contribution >= 0.6 is 0 Å². The van der Waals surface area contributed by atoms with Gasteiger partial charge in [-0.1, -0.05) is 170 Å². The first-order valence-corrected chi connectivity index (χ1v) is 27.7. The predicted molar refractivity (Wildman–Crippen MR) is 283 cm³/mol. The summed E-state index contributed by atoms with van der Waals surface area (Å²) < 4.78 is 16.6. The molecule has 0 aromatic heterocycles. The smallest absolute Gasteiger partial charge is 0.305 e. The molecule has 6 N–H and O–H groups in total. The van der Waals surface area contributed by atoms with Gasteiger partial charge in [0.15, 0.2) is 6.29 Å². The predicted octanol–water partition coefficient (Wildman–Crippen LogP) is 12.1. The van der Waals surface area contributed by atoms with Crippen LogP contribution in [0.5, 0.6) is 0 Å². The van der Waals surface area contributed by atoms with Crippen LogP contribution in [-0.2, 0) is 23.8 Å². The maximum absolute atomic E-state index is 13.0. The van der Waals surface area contributed by atoms with Crippen LogP contribution in [0.3, 0.4) is 0 Å². The van der Waals surface area contributed by atoms with Crippen LogP contribution in [0.2, 0.25) is 0 Å². The molecule has 11 nitrogen and oxygen atoms in total. The van der Waals surface area contributed by atoms with Crippen molar-refractivity contribution in [1.82, 2.24) is 5.32 Å². The number of carbonyl (C=O) groups excluding carboxylic acids is 2. The van der Waals surface area contributed by atoms with E-state index in [1.807, 2.05) is 6.08 Å². The monoisotopic (exact) mass is 972 g/mol. The number of aliphatic hydroxyl groups is 5. The van der Waals surface area contributed by atoms with Gasteiger partial charge in [-0.2, -0.15) is 0 Å². The second-order valence-corrected chi connectivity index (χ2v) is 18.9. The van der Waals surface area contributed by atoms with Gasteiger partial charge in [0.05, 0.1) is 32.0 Å². The molecular weight excluding hydrogens is 871 g/mol. The molecule has 398 valence electrons. The second kappa shape index (κ2) is 47.4. The van der Waals surface area contributed by atoms with Gasteiger partial charge < -0.3 is 45.1 Å². The largest absolute Gasteiger partial charge is 0.466 e. The molecule has 1 amide bonds. The van der Waals surface area contributed by atoms with Crippen molar-refractivity contribution in [2.24, 2.45) is 0 Å². The molecule has 1 saturated heterocycles. The molecule has 0 aliphatic carbocycles. The SMILES string of the molecule is CC/C=C/CC/C=C/CC/C=C/C(O)C(COC1OC(CO)C(O)C(O)C1O)NC(=O)CCCCCCCCCCCC/C=C\C=C/CCCCCOC(=O)CCCCCCC/C=C\CCCCC. The number of ether oxygens (including phenoxy) is 3. The molecule has 0 bridgehead atoms. The molecule has 0 radical (unpaired) electrons. The van der Waals surface area contributed by atoms with E-state index in [1.54, 1.807) is 6.08 Å². The summed E-state index contributed by atoms with van der Waals surface area (Å²) in [7, 11) is 0. The number of hydrogen-bond acceptors (Lipinski definition) is 10. The van der Waals surface area contributed by atoms with Crippen LogP contribution in [0.4, 0.5) is 0 Å². The minimum absolute atomic E-state index is 0.0408. The highest BCUT2D eigenvalue weighted by Gasteiger charge is 2.44.